The summed E-state index contributed by atoms with van der Waals surface area (Å²) in [5, 5.41) is 4.48. The highest BCUT2D eigenvalue weighted by molar-refractivity contribution is 6.31. The largest absolute Gasteiger partial charge is 0.310 e. The van der Waals surface area contributed by atoms with E-state index in [1.807, 2.05) is 18.5 Å². The third-order valence-electron chi connectivity index (χ3n) is 3.71. The molecule has 21 heavy (non-hydrogen) atoms. The molecule has 112 valence electrons. The standard InChI is InChI=1S/C18H23ClN2/c1-4-8-21-18(16-7-9-20-12-14(16)3)11-15-6-5-13(2)10-17(15)19/h5-7,9-10,12,18,21H,4,8,11H2,1-3H3. The first-order chi connectivity index (χ1) is 10.1. The molecule has 0 radical (unpaired) electrons. The van der Waals surface area contributed by atoms with Crippen molar-refractivity contribution in [3.63, 3.8) is 0 Å². The number of rotatable bonds is 6. The van der Waals surface area contributed by atoms with Crippen LogP contribution in [0, 0.1) is 13.8 Å². The van der Waals surface area contributed by atoms with Crippen molar-refractivity contribution in [2.45, 2.75) is 39.7 Å². The molecule has 0 spiro atoms. The second kappa shape index (κ2) is 7.58. The van der Waals surface area contributed by atoms with E-state index in [9.17, 15) is 0 Å². The fourth-order valence-electron chi connectivity index (χ4n) is 2.52. The number of aryl methyl sites for hydroxylation is 2. The van der Waals surface area contributed by atoms with Gasteiger partial charge in [-0.15, -0.1) is 0 Å². The SMILES string of the molecule is CCCNC(Cc1ccc(C)cc1Cl)c1ccncc1C. The lowest BCUT2D eigenvalue weighted by Crippen LogP contribution is -2.25. The Morgan fingerprint density at radius 1 is 1.24 bits per heavy atom. The van der Waals surface area contributed by atoms with E-state index >= 15 is 0 Å². The zero-order valence-corrected chi connectivity index (χ0v) is 13.7. The molecule has 0 saturated heterocycles. The minimum atomic E-state index is 0.271. The van der Waals surface area contributed by atoms with Crippen molar-refractivity contribution >= 4 is 11.6 Å². The zero-order valence-electron chi connectivity index (χ0n) is 13.0. The van der Waals surface area contributed by atoms with Gasteiger partial charge in [0.15, 0.2) is 0 Å². The number of hydrogen-bond donors (Lipinski definition) is 1. The number of nitrogens with one attached hydrogen (secondary N) is 1. The Morgan fingerprint density at radius 3 is 2.71 bits per heavy atom. The van der Waals surface area contributed by atoms with E-state index in [0.29, 0.717) is 0 Å². The first-order valence-electron chi connectivity index (χ1n) is 7.50. The van der Waals surface area contributed by atoms with Crippen LogP contribution in [0.25, 0.3) is 0 Å². The van der Waals surface area contributed by atoms with E-state index in [1.165, 1.54) is 22.3 Å². The Bertz CT molecular complexity index is 596. The van der Waals surface area contributed by atoms with Gasteiger partial charge in [0.05, 0.1) is 0 Å². The molecule has 1 atom stereocenters. The fourth-order valence-corrected chi connectivity index (χ4v) is 2.84. The van der Waals surface area contributed by atoms with Crippen molar-refractivity contribution in [1.29, 1.82) is 0 Å². The van der Waals surface area contributed by atoms with Gasteiger partial charge in [0.2, 0.25) is 0 Å². The molecular weight excluding hydrogens is 280 g/mol. The van der Waals surface area contributed by atoms with Crippen LogP contribution in [0.15, 0.2) is 36.7 Å². The third kappa shape index (κ3) is 4.29. The minimum absolute atomic E-state index is 0.271. The summed E-state index contributed by atoms with van der Waals surface area (Å²) in [5.41, 5.74) is 4.90. The molecule has 2 rings (SSSR count). The van der Waals surface area contributed by atoms with Gasteiger partial charge in [0.25, 0.3) is 0 Å². The van der Waals surface area contributed by atoms with E-state index in [1.54, 1.807) is 0 Å². The number of nitrogens with zero attached hydrogens (tertiary/aromatic N) is 1. The molecule has 0 amide bonds. The van der Waals surface area contributed by atoms with Gasteiger partial charge in [0, 0.05) is 23.5 Å². The topological polar surface area (TPSA) is 24.9 Å². The summed E-state index contributed by atoms with van der Waals surface area (Å²) in [6.45, 7) is 7.35. The second-order valence-electron chi connectivity index (χ2n) is 5.54. The summed E-state index contributed by atoms with van der Waals surface area (Å²) in [4.78, 5) is 4.19. The van der Waals surface area contributed by atoms with Crippen LogP contribution in [0.5, 0.6) is 0 Å². The number of aromatic nitrogens is 1. The maximum Gasteiger partial charge on any atom is 0.0441 e. The number of hydrogen-bond acceptors (Lipinski definition) is 2. The van der Waals surface area contributed by atoms with E-state index in [-0.39, 0.29) is 6.04 Å². The van der Waals surface area contributed by atoms with Crippen molar-refractivity contribution < 1.29 is 0 Å². The molecule has 1 unspecified atom stereocenters. The van der Waals surface area contributed by atoms with Crippen LogP contribution in [-0.2, 0) is 6.42 Å². The van der Waals surface area contributed by atoms with E-state index in [0.717, 1.165) is 24.4 Å². The molecule has 0 bridgehead atoms. The van der Waals surface area contributed by atoms with Crippen molar-refractivity contribution in [3.8, 4) is 0 Å². The molecular formula is C18H23ClN2. The summed E-state index contributed by atoms with van der Waals surface area (Å²) in [6.07, 6.45) is 5.79. The van der Waals surface area contributed by atoms with Crippen LogP contribution in [0.2, 0.25) is 5.02 Å². The van der Waals surface area contributed by atoms with Crippen LogP contribution in [-0.4, -0.2) is 11.5 Å². The predicted molar refractivity (Wildman–Crippen MR) is 89.9 cm³/mol. The molecule has 0 fully saturated rings. The van der Waals surface area contributed by atoms with Gasteiger partial charge in [-0.2, -0.15) is 0 Å². The van der Waals surface area contributed by atoms with Crippen molar-refractivity contribution in [2.75, 3.05) is 6.54 Å². The summed E-state index contributed by atoms with van der Waals surface area (Å²) in [6, 6.07) is 8.66. The fraction of sp³-hybridized carbons (Fsp3) is 0.389. The molecule has 1 aromatic heterocycles. The summed E-state index contributed by atoms with van der Waals surface area (Å²) in [5.74, 6) is 0. The minimum Gasteiger partial charge on any atom is -0.310 e. The number of benzene rings is 1. The van der Waals surface area contributed by atoms with E-state index < -0.39 is 0 Å². The summed E-state index contributed by atoms with van der Waals surface area (Å²) >= 11 is 6.39. The molecule has 0 aliphatic rings. The molecule has 2 aromatic rings. The summed E-state index contributed by atoms with van der Waals surface area (Å²) < 4.78 is 0. The molecule has 0 aliphatic carbocycles. The molecule has 3 heteroatoms. The monoisotopic (exact) mass is 302 g/mol. The van der Waals surface area contributed by atoms with Crippen LogP contribution >= 0.6 is 11.6 Å². The Morgan fingerprint density at radius 2 is 2.05 bits per heavy atom. The number of pyridine rings is 1. The van der Waals surface area contributed by atoms with Crippen molar-refractivity contribution in [3.05, 3.63) is 63.9 Å². The van der Waals surface area contributed by atoms with Gasteiger partial charge in [-0.05, 0) is 67.6 Å². The molecule has 1 N–H and O–H groups in total. The normalized spacial score (nSPS) is 12.4. The van der Waals surface area contributed by atoms with Crippen LogP contribution < -0.4 is 5.32 Å². The molecule has 1 heterocycles. The highest BCUT2D eigenvalue weighted by Crippen LogP contribution is 2.26. The quantitative estimate of drug-likeness (QED) is 0.841. The van der Waals surface area contributed by atoms with Crippen molar-refractivity contribution in [2.24, 2.45) is 0 Å². The maximum atomic E-state index is 6.39. The second-order valence-corrected chi connectivity index (χ2v) is 5.95. The lowest BCUT2D eigenvalue weighted by molar-refractivity contribution is 0.526. The average Bonchev–Trinajstić information content (AvgIpc) is 2.46. The predicted octanol–water partition coefficient (Wildman–Crippen LogP) is 4.64. The van der Waals surface area contributed by atoms with E-state index in [4.69, 9.17) is 11.6 Å². The third-order valence-corrected chi connectivity index (χ3v) is 4.06. The molecule has 0 aliphatic heterocycles. The van der Waals surface area contributed by atoms with Gasteiger partial charge in [-0.3, -0.25) is 4.98 Å². The van der Waals surface area contributed by atoms with Gasteiger partial charge in [0.1, 0.15) is 0 Å². The first kappa shape index (κ1) is 16.0. The first-order valence-corrected chi connectivity index (χ1v) is 7.88. The molecule has 1 aromatic carbocycles. The van der Waals surface area contributed by atoms with Gasteiger partial charge in [-0.1, -0.05) is 30.7 Å². The van der Waals surface area contributed by atoms with Crippen LogP contribution in [0.4, 0.5) is 0 Å². The lowest BCUT2D eigenvalue weighted by atomic mass is 9.96. The zero-order chi connectivity index (χ0) is 15.2. The highest BCUT2D eigenvalue weighted by atomic mass is 35.5. The Labute approximate surface area is 132 Å². The Kier molecular flexibility index (Phi) is 5.77. The van der Waals surface area contributed by atoms with Gasteiger partial charge >= 0.3 is 0 Å². The van der Waals surface area contributed by atoms with E-state index in [2.05, 4.69) is 49.3 Å². The average molecular weight is 303 g/mol. The van der Waals surface area contributed by atoms with Crippen molar-refractivity contribution in [1.82, 2.24) is 10.3 Å². The Hall–Kier alpha value is -1.38. The maximum absolute atomic E-state index is 6.39. The Balaban J connectivity index is 2.26. The van der Waals surface area contributed by atoms with Gasteiger partial charge in [-0.25, -0.2) is 0 Å². The molecule has 2 nitrogen and oxygen atoms in total. The summed E-state index contributed by atoms with van der Waals surface area (Å²) in [7, 11) is 0. The molecule has 0 saturated carbocycles. The highest BCUT2D eigenvalue weighted by Gasteiger charge is 2.15. The smallest absolute Gasteiger partial charge is 0.0441 e. The van der Waals surface area contributed by atoms with Gasteiger partial charge < -0.3 is 5.32 Å². The van der Waals surface area contributed by atoms with Crippen LogP contribution in [0.3, 0.4) is 0 Å². The van der Waals surface area contributed by atoms with Crippen LogP contribution in [0.1, 0.15) is 41.6 Å². The lowest BCUT2D eigenvalue weighted by Gasteiger charge is -2.21. The number of halogens is 1.